The Labute approximate surface area is 139 Å². The Kier molecular flexibility index (Phi) is 4.24. The van der Waals surface area contributed by atoms with Crippen LogP contribution in [0.1, 0.15) is 35.3 Å². The van der Waals surface area contributed by atoms with Crippen molar-refractivity contribution in [1.82, 2.24) is 10.3 Å². The first-order chi connectivity index (χ1) is 11.5. The highest BCUT2D eigenvalue weighted by atomic mass is 16.1. The zero-order valence-corrected chi connectivity index (χ0v) is 13.1. The van der Waals surface area contributed by atoms with Crippen molar-refractivity contribution < 1.29 is 9.59 Å². The minimum Gasteiger partial charge on any atom is -0.366 e. The molecular weight excluding hydrogens is 306 g/mol. The fourth-order valence-electron chi connectivity index (χ4n) is 2.62. The van der Waals surface area contributed by atoms with Gasteiger partial charge in [0, 0.05) is 25.1 Å². The lowest BCUT2D eigenvalue weighted by Crippen LogP contribution is -2.26. The molecule has 3 N–H and O–H groups in total. The van der Waals surface area contributed by atoms with Crippen molar-refractivity contribution >= 4 is 23.5 Å². The third-order valence-electron chi connectivity index (χ3n) is 3.69. The highest BCUT2D eigenvalue weighted by Gasteiger charge is 2.30. The number of carbonyl (C=O) groups excluding carboxylic acids is 2. The van der Waals surface area contributed by atoms with E-state index in [1.54, 1.807) is 23.3 Å². The molecule has 7 heteroatoms. The number of hydrazone groups is 1. The molecule has 0 bridgehead atoms. The molecule has 0 saturated carbocycles. The summed E-state index contributed by atoms with van der Waals surface area (Å²) in [6.07, 6.45) is 2.22. The van der Waals surface area contributed by atoms with Gasteiger partial charge >= 0.3 is 0 Å². The van der Waals surface area contributed by atoms with Crippen molar-refractivity contribution in [1.29, 1.82) is 0 Å². The molecule has 0 radical (unpaired) electrons. The predicted molar refractivity (Wildman–Crippen MR) is 90.3 cm³/mol. The summed E-state index contributed by atoms with van der Waals surface area (Å²) in [5.74, 6) is 0.628. The molecule has 1 aromatic carbocycles. The van der Waals surface area contributed by atoms with E-state index in [0.29, 0.717) is 23.6 Å². The van der Waals surface area contributed by atoms with Gasteiger partial charge in [0.05, 0.1) is 6.04 Å². The van der Waals surface area contributed by atoms with Crippen LogP contribution in [-0.2, 0) is 4.79 Å². The van der Waals surface area contributed by atoms with Gasteiger partial charge < -0.3 is 11.1 Å². The molecule has 122 valence electrons. The molecule has 24 heavy (non-hydrogen) atoms. The number of nitrogens with one attached hydrogen (secondary N) is 1. The van der Waals surface area contributed by atoms with E-state index in [1.165, 1.54) is 6.92 Å². The van der Waals surface area contributed by atoms with Crippen LogP contribution in [0.4, 0.5) is 5.82 Å². The summed E-state index contributed by atoms with van der Waals surface area (Å²) in [6.45, 7) is 1.45. The molecule has 1 aromatic heterocycles. The Morgan fingerprint density at radius 1 is 1.21 bits per heavy atom. The summed E-state index contributed by atoms with van der Waals surface area (Å²) < 4.78 is 0. The molecule has 1 atom stereocenters. The van der Waals surface area contributed by atoms with Crippen molar-refractivity contribution in [2.24, 2.45) is 10.8 Å². The van der Waals surface area contributed by atoms with Crippen LogP contribution in [0.25, 0.3) is 0 Å². The van der Waals surface area contributed by atoms with Gasteiger partial charge in [0.15, 0.2) is 0 Å². The number of pyridine rings is 1. The third-order valence-corrected chi connectivity index (χ3v) is 3.69. The number of aromatic nitrogens is 1. The van der Waals surface area contributed by atoms with Crippen molar-refractivity contribution in [2.75, 3.05) is 5.01 Å². The third kappa shape index (κ3) is 3.24. The predicted octanol–water partition coefficient (Wildman–Crippen LogP) is 1.58. The Hall–Kier alpha value is -3.22. The van der Waals surface area contributed by atoms with Crippen molar-refractivity contribution in [3.05, 3.63) is 59.8 Å². The molecule has 2 amide bonds. The van der Waals surface area contributed by atoms with Crippen LogP contribution in [0, 0.1) is 0 Å². The summed E-state index contributed by atoms with van der Waals surface area (Å²) in [5.41, 5.74) is 6.68. The minimum atomic E-state index is -0.468. The molecule has 0 aliphatic carbocycles. The Bertz CT molecular complexity index is 786. The van der Waals surface area contributed by atoms with Crippen LogP contribution < -0.4 is 16.1 Å². The fourth-order valence-corrected chi connectivity index (χ4v) is 2.62. The van der Waals surface area contributed by atoms with Gasteiger partial charge in [-0.05, 0) is 29.8 Å². The first kappa shape index (κ1) is 15.7. The second kappa shape index (κ2) is 6.49. The van der Waals surface area contributed by atoms with Gasteiger partial charge in [-0.1, -0.05) is 18.2 Å². The van der Waals surface area contributed by atoms with E-state index in [0.717, 1.165) is 5.56 Å². The molecule has 1 aliphatic heterocycles. The molecule has 2 heterocycles. The van der Waals surface area contributed by atoms with Gasteiger partial charge in [-0.2, -0.15) is 5.10 Å². The number of amides is 2. The average molecular weight is 323 g/mol. The van der Waals surface area contributed by atoms with E-state index in [-0.39, 0.29) is 11.9 Å². The molecule has 0 fully saturated rings. The SMILES string of the molecule is CC(=O)NC1=NN(c2ccccn2)C(c2ccc(C(N)=O)cc2)C1. The lowest BCUT2D eigenvalue weighted by atomic mass is 10.0. The summed E-state index contributed by atoms with van der Waals surface area (Å²) in [6, 6.07) is 12.5. The highest BCUT2D eigenvalue weighted by molar-refractivity contribution is 5.99. The van der Waals surface area contributed by atoms with Gasteiger partial charge in [0.2, 0.25) is 11.8 Å². The van der Waals surface area contributed by atoms with E-state index >= 15 is 0 Å². The van der Waals surface area contributed by atoms with Crippen molar-refractivity contribution in [2.45, 2.75) is 19.4 Å². The van der Waals surface area contributed by atoms with E-state index in [4.69, 9.17) is 5.73 Å². The molecule has 7 nitrogen and oxygen atoms in total. The number of benzene rings is 1. The number of anilines is 1. The smallest absolute Gasteiger partial charge is 0.248 e. The first-order valence-electron chi connectivity index (χ1n) is 7.49. The van der Waals surface area contributed by atoms with Crippen molar-refractivity contribution in [3.63, 3.8) is 0 Å². The van der Waals surface area contributed by atoms with Gasteiger partial charge in [0.25, 0.3) is 0 Å². The van der Waals surface area contributed by atoms with E-state index in [2.05, 4.69) is 15.4 Å². The molecule has 2 aromatic rings. The average Bonchev–Trinajstić information content (AvgIpc) is 2.99. The van der Waals surface area contributed by atoms with Gasteiger partial charge in [0.1, 0.15) is 11.7 Å². The fraction of sp³-hybridized carbons (Fsp3) is 0.176. The van der Waals surface area contributed by atoms with Crippen LogP contribution in [0.3, 0.4) is 0 Å². The summed E-state index contributed by atoms with van der Waals surface area (Å²) >= 11 is 0. The maximum Gasteiger partial charge on any atom is 0.248 e. The van der Waals surface area contributed by atoms with Crippen molar-refractivity contribution in [3.8, 4) is 0 Å². The van der Waals surface area contributed by atoms with Gasteiger partial charge in [-0.25, -0.2) is 9.99 Å². The first-order valence-corrected chi connectivity index (χ1v) is 7.49. The van der Waals surface area contributed by atoms with E-state index in [9.17, 15) is 9.59 Å². The number of rotatable bonds is 3. The molecule has 3 rings (SSSR count). The quantitative estimate of drug-likeness (QED) is 0.895. The minimum absolute atomic E-state index is 0.122. The summed E-state index contributed by atoms with van der Waals surface area (Å²) in [5, 5.41) is 8.98. The summed E-state index contributed by atoms with van der Waals surface area (Å²) in [7, 11) is 0. The van der Waals surface area contributed by atoms with Crippen LogP contribution in [0.15, 0.2) is 53.8 Å². The number of amidine groups is 1. The van der Waals surface area contributed by atoms with E-state index < -0.39 is 5.91 Å². The van der Waals surface area contributed by atoms with Crippen LogP contribution in [-0.4, -0.2) is 22.6 Å². The Morgan fingerprint density at radius 3 is 2.54 bits per heavy atom. The maximum absolute atomic E-state index is 11.3. The lowest BCUT2D eigenvalue weighted by molar-refractivity contribution is -0.117. The second-order valence-corrected chi connectivity index (χ2v) is 5.47. The standard InChI is InChI=1S/C17H17N5O2/c1-11(23)20-15-10-14(12-5-7-13(8-6-12)17(18)24)22(21-15)16-4-2-3-9-19-16/h2-9,14H,10H2,1H3,(H2,18,24)(H,20,21,23). The highest BCUT2D eigenvalue weighted by Crippen LogP contribution is 2.33. The number of hydrogen-bond donors (Lipinski definition) is 2. The van der Waals surface area contributed by atoms with Gasteiger partial charge in [-0.3, -0.25) is 9.59 Å². The topological polar surface area (TPSA) is 101 Å². The van der Waals surface area contributed by atoms with Gasteiger partial charge in [-0.15, -0.1) is 0 Å². The molecule has 1 unspecified atom stereocenters. The zero-order chi connectivity index (χ0) is 17.1. The second-order valence-electron chi connectivity index (χ2n) is 5.47. The molecule has 0 saturated heterocycles. The number of hydrogen-bond acceptors (Lipinski definition) is 5. The zero-order valence-electron chi connectivity index (χ0n) is 13.1. The van der Waals surface area contributed by atoms with Crippen LogP contribution in [0.2, 0.25) is 0 Å². The monoisotopic (exact) mass is 323 g/mol. The maximum atomic E-state index is 11.3. The molecule has 1 aliphatic rings. The number of primary amides is 1. The number of nitrogens with zero attached hydrogens (tertiary/aromatic N) is 3. The largest absolute Gasteiger partial charge is 0.366 e. The van der Waals surface area contributed by atoms with Crippen LogP contribution >= 0.6 is 0 Å². The Morgan fingerprint density at radius 2 is 1.96 bits per heavy atom. The van der Waals surface area contributed by atoms with Crippen LogP contribution in [0.5, 0.6) is 0 Å². The molecular formula is C17H17N5O2. The molecule has 0 spiro atoms. The number of carbonyl (C=O) groups is 2. The normalized spacial score (nSPS) is 16.6. The number of nitrogens with two attached hydrogens (primary N) is 1. The lowest BCUT2D eigenvalue weighted by Gasteiger charge is -2.22. The summed E-state index contributed by atoms with van der Waals surface area (Å²) in [4.78, 5) is 26.9. The Balaban J connectivity index is 1.93. The van der Waals surface area contributed by atoms with E-state index in [1.807, 2.05) is 30.3 Å².